The molecule has 6 heteroatoms. The molecule has 1 aliphatic carbocycles. The van der Waals surface area contributed by atoms with E-state index in [2.05, 4.69) is 47.4 Å². The number of nitrogens with one attached hydrogen (secondary N) is 2. The van der Waals surface area contributed by atoms with Crippen molar-refractivity contribution in [2.45, 2.75) is 57.7 Å². The number of nitrogens with zero attached hydrogens (tertiary/aromatic N) is 3. The van der Waals surface area contributed by atoms with Gasteiger partial charge in [-0.05, 0) is 52.2 Å². The van der Waals surface area contributed by atoms with Crippen LogP contribution in [0.15, 0.2) is 18.3 Å². The average molecular weight is 324 g/mol. The average Bonchev–Trinajstić information content (AvgIpc) is 2.91. The summed E-state index contributed by atoms with van der Waals surface area (Å²) in [4.78, 5) is 8.93. The number of nitrogens with two attached hydrogens (primary N) is 1. The number of aromatic nitrogens is 2. The van der Waals surface area contributed by atoms with E-state index < -0.39 is 0 Å². The predicted octanol–water partition coefficient (Wildman–Crippen LogP) is 3.00. The summed E-state index contributed by atoms with van der Waals surface area (Å²) in [5.41, 5.74) is 6.22. The second-order valence-electron chi connectivity index (χ2n) is 7.55. The lowest BCUT2D eigenvalue weighted by Crippen LogP contribution is -2.27. The number of anilines is 2. The van der Waals surface area contributed by atoms with Crippen molar-refractivity contribution >= 4 is 22.4 Å². The maximum atomic E-state index is 9.20. The molecule has 1 saturated carbocycles. The Labute approximate surface area is 142 Å². The van der Waals surface area contributed by atoms with Crippen LogP contribution in [0, 0.1) is 11.3 Å². The summed E-state index contributed by atoms with van der Waals surface area (Å²) in [5, 5.41) is 17.9. The second-order valence-corrected chi connectivity index (χ2v) is 7.55. The Morgan fingerprint density at radius 1 is 1.29 bits per heavy atom. The molecule has 4 N–H and O–H groups in total. The van der Waals surface area contributed by atoms with E-state index in [1.807, 2.05) is 6.07 Å². The van der Waals surface area contributed by atoms with Gasteiger partial charge in [-0.3, -0.25) is 0 Å². The molecule has 2 atom stereocenters. The zero-order chi connectivity index (χ0) is 17.3. The highest BCUT2D eigenvalue weighted by atomic mass is 15.1. The highest BCUT2D eigenvalue weighted by Crippen LogP contribution is 2.28. The van der Waals surface area contributed by atoms with E-state index in [9.17, 15) is 5.26 Å². The Balaban J connectivity index is 1.97. The van der Waals surface area contributed by atoms with E-state index in [-0.39, 0.29) is 11.6 Å². The van der Waals surface area contributed by atoms with Crippen molar-refractivity contribution in [1.82, 2.24) is 9.97 Å². The summed E-state index contributed by atoms with van der Waals surface area (Å²) >= 11 is 0. The number of hydrogen-bond acceptors (Lipinski definition) is 6. The van der Waals surface area contributed by atoms with Gasteiger partial charge in [0.15, 0.2) is 0 Å². The van der Waals surface area contributed by atoms with E-state index in [4.69, 9.17) is 5.73 Å². The minimum atomic E-state index is -0.150. The van der Waals surface area contributed by atoms with Crippen molar-refractivity contribution in [3.8, 4) is 6.07 Å². The third-order valence-electron chi connectivity index (χ3n) is 4.15. The van der Waals surface area contributed by atoms with Gasteiger partial charge in [-0.1, -0.05) is 0 Å². The van der Waals surface area contributed by atoms with Crippen LogP contribution >= 0.6 is 0 Å². The summed E-state index contributed by atoms with van der Waals surface area (Å²) in [6, 6.07) is 6.54. The molecule has 2 aromatic rings. The van der Waals surface area contributed by atoms with Gasteiger partial charge in [0.25, 0.3) is 0 Å². The van der Waals surface area contributed by atoms with Gasteiger partial charge in [0, 0.05) is 34.6 Å². The number of fused-ring (bicyclic) bond motifs is 1. The molecular weight excluding hydrogens is 300 g/mol. The van der Waals surface area contributed by atoms with Crippen LogP contribution in [0.25, 0.3) is 10.8 Å². The van der Waals surface area contributed by atoms with Crippen LogP contribution in [0.5, 0.6) is 0 Å². The molecule has 0 aromatic carbocycles. The van der Waals surface area contributed by atoms with Gasteiger partial charge in [-0.2, -0.15) is 5.26 Å². The highest BCUT2D eigenvalue weighted by molar-refractivity contribution is 5.94. The molecule has 3 rings (SSSR count). The first-order chi connectivity index (χ1) is 11.3. The van der Waals surface area contributed by atoms with Crippen LogP contribution in [0.2, 0.25) is 0 Å². The van der Waals surface area contributed by atoms with E-state index in [1.54, 1.807) is 12.3 Å². The first-order valence-corrected chi connectivity index (χ1v) is 8.35. The smallest absolute Gasteiger partial charge is 0.143 e. The first-order valence-electron chi connectivity index (χ1n) is 8.35. The van der Waals surface area contributed by atoms with Crippen LogP contribution in [0.1, 0.15) is 45.7 Å². The monoisotopic (exact) mass is 324 g/mol. The summed E-state index contributed by atoms with van der Waals surface area (Å²) in [6.07, 6.45) is 4.89. The van der Waals surface area contributed by atoms with Gasteiger partial charge in [-0.15, -0.1) is 0 Å². The van der Waals surface area contributed by atoms with E-state index in [0.717, 1.165) is 35.9 Å². The lowest BCUT2D eigenvalue weighted by Gasteiger charge is -2.23. The molecule has 126 valence electrons. The Morgan fingerprint density at radius 3 is 2.71 bits per heavy atom. The number of pyridine rings is 2. The van der Waals surface area contributed by atoms with Crippen molar-refractivity contribution in [2.24, 2.45) is 5.73 Å². The van der Waals surface area contributed by atoms with Crippen molar-refractivity contribution in [3.63, 3.8) is 0 Å². The van der Waals surface area contributed by atoms with E-state index in [0.29, 0.717) is 17.6 Å². The minimum Gasteiger partial charge on any atom is -0.367 e. The van der Waals surface area contributed by atoms with Gasteiger partial charge in [-0.25, -0.2) is 9.97 Å². The first kappa shape index (κ1) is 16.5. The zero-order valence-corrected chi connectivity index (χ0v) is 14.4. The fourth-order valence-corrected chi connectivity index (χ4v) is 3.09. The molecule has 0 unspecified atom stereocenters. The molecule has 6 nitrogen and oxygen atoms in total. The third-order valence-corrected chi connectivity index (χ3v) is 4.15. The van der Waals surface area contributed by atoms with E-state index in [1.165, 1.54) is 0 Å². The molecule has 0 saturated heterocycles. The maximum Gasteiger partial charge on any atom is 0.143 e. The maximum absolute atomic E-state index is 9.20. The Kier molecular flexibility index (Phi) is 4.29. The molecule has 0 amide bonds. The van der Waals surface area contributed by atoms with Crippen LogP contribution < -0.4 is 16.4 Å². The summed E-state index contributed by atoms with van der Waals surface area (Å²) in [5.74, 6) is 1.54. The van der Waals surface area contributed by atoms with Crippen molar-refractivity contribution in [3.05, 3.63) is 24.0 Å². The van der Waals surface area contributed by atoms with Crippen molar-refractivity contribution < 1.29 is 0 Å². The van der Waals surface area contributed by atoms with Crippen molar-refractivity contribution in [1.29, 1.82) is 5.26 Å². The van der Waals surface area contributed by atoms with Gasteiger partial charge in [0.1, 0.15) is 23.4 Å². The molecule has 24 heavy (non-hydrogen) atoms. The third kappa shape index (κ3) is 3.74. The summed E-state index contributed by atoms with van der Waals surface area (Å²) in [6.45, 7) is 6.21. The molecular formula is C18H24N6. The number of rotatable bonds is 3. The zero-order valence-electron chi connectivity index (χ0n) is 14.4. The predicted molar refractivity (Wildman–Crippen MR) is 96.9 cm³/mol. The largest absolute Gasteiger partial charge is 0.367 e. The lowest BCUT2D eigenvalue weighted by atomic mass is 10.1. The van der Waals surface area contributed by atoms with Crippen LogP contribution in [-0.4, -0.2) is 27.6 Å². The quantitative estimate of drug-likeness (QED) is 0.802. The highest BCUT2D eigenvalue weighted by Gasteiger charge is 2.22. The molecule has 0 radical (unpaired) electrons. The minimum absolute atomic E-state index is 0.150. The van der Waals surface area contributed by atoms with Gasteiger partial charge >= 0.3 is 0 Å². The van der Waals surface area contributed by atoms with E-state index >= 15 is 0 Å². The summed E-state index contributed by atoms with van der Waals surface area (Å²) in [7, 11) is 0. The lowest BCUT2D eigenvalue weighted by molar-refractivity contribution is 0.631. The van der Waals surface area contributed by atoms with Gasteiger partial charge < -0.3 is 16.4 Å². The number of hydrogen-bond donors (Lipinski definition) is 3. The number of nitriles is 1. The SMILES string of the molecule is CC(C)(C)Nc1nc(C#N)cc2cnc(N[C@H]3CC[C@H](N)C3)cc12. The topological polar surface area (TPSA) is 99.6 Å². The molecule has 0 spiro atoms. The Morgan fingerprint density at radius 2 is 2.08 bits per heavy atom. The molecule has 1 fully saturated rings. The van der Waals surface area contributed by atoms with Gasteiger partial charge in [0.2, 0.25) is 0 Å². The fourth-order valence-electron chi connectivity index (χ4n) is 3.09. The fraction of sp³-hybridized carbons (Fsp3) is 0.500. The Hall–Kier alpha value is -2.39. The van der Waals surface area contributed by atoms with Crippen LogP contribution in [-0.2, 0) is 0 Å². The summed E-state index contributed by atoms with van der Waals surface area (Å²) < 4.78 is 0. The normalized spacial score (nSPS) is 20.8. The van der Waals surface area contributed by atoms with Crippen LogP contribution in [0.3, 0.4) is 0 Å². The molecule has 2 aromatic heterocycles. The van der Waals surface area contributed by atoms with Crippen LogP contribution in [0.4, 0.5) is 11.6 Å². The standard InChI is InChI=1S/C18H24N6/c1-18(2,3)24-17-15-8-16(22-13-5-4-12(20)7-13)21-10-11(15)6-14(9-19)23-17/h6,8,10,12-13H,4-5,7,20H2,1-3H3,(H,21,22)(H,23,24)/t12-,13-/m0/s1. The molecule has 0 bridgehead atoms. The molecule has 0 aliphatic heterocycles. The second kappa shape index (κ2) is 6.25. The Bertz CT molecular complexity index is 786. The molecule has 2 heterocycles. The van der Waals surface area contributed by atoms with Gasteiger partial charge in [0.05, 0.1) is 0 Å². The van der Waals surface area contributed by atoms with Crippen molar-refractivity contribution in [2.75, 3.05) is 10.6 Å². The molecule has 1 aliphatic rings.